The number of methoxy groups -OCH3 is 1. The maximum atomic E-state index is 13.5. The highest BCUT2D eigenvalue weighted by Gasteiger charge is 2.41. The number of carbonyl (C=O) groups is 2. The number of carbonyl (C=O) groups excluding carboxylic acids is 2. The topological polar surface area (TPSA) is 102 Å². The third kappa shape index (κ3) is 7.64. The van der Waals surface area contributed by atoms with Crippen molar-refractivity contribution in [1.29, 1.82) is 0 Å². The number of aliphatic imine (C=N–C) groups is 1. The standard InChI is InChI=1S/C33H40N4O6S/c1-22(2)43-32(39)30-23(3)35-33-37(26(21-44-33)19-29(38)34-12-13-36-14-16-41-17-15-36)31(30)25-10-11-27(28(18-25)40-4)42-20-24-8-6-5-7-9-24/h5-11,18,21-22,31H,12-17,19-20H2,1-4H3,(H,34,38). The van der Waals surface area contributed by atoms with Gasteiger partial charge < -0.3 is 29.2 Å². The zero-order chi connectivity index (χ0) is 31.1. The first-order valence-electron chi connectivity index (χ1n) is 14.9. The van der Waals surface area contributed by atoms with Gasteiger partial charge in [0.2, 0.25) is 5.91 Å². The second-order valence-corrected chi connectivity index (χ2v) is 11.8. The molecular weight excluding hydrogens is 580 g/mol. The zero-order valence-corrected chi connectivity index (χ0v) is 26.5. The number of amides is 1. The molecule has 5 rings (SSSR count). The normalized spacial score (nSPS) is 18.5. The molecule has 1 N–H and O–H groups in total. The van der Waals surface area contributed by atoms with Gasteiger partial charge in [-0.25, -0.2) is 9.79 Å². The lowest BCUT2D eigenvalue weighted by molar-refractivity contribution is -0.143. The van der Waals surface area contributed by atoms with Gasteiger partial charge in [-0.05, 0) is 49.4 Å². The van der Waals surface area contributed by atoms with Crippen LogP contribution in [0.15, 0.2) is 75.9 Å². The molecule has 0 saturated carbocycles. The first-order valence-corrected chi connectivity index (χ1v) is 15.8. The van der Waals surface area contributed by atoms with E-state index in [-0.39, 0.29) is 18.4 Å². The van der Waals surface area contributed by atoms with Gasteiger partial charge in [0.25, 0.3) is 0 Å². The maximum absolute atomic E-state index is 13.5. The molecule has 2 aromatic rings. The number of morpholine rings is 1. The summed E-state index contributed by atoms with van der Waals surface area (Å²) in [7, 11) is 1.59. The van der Waals surface area contributed by atoms with Crippen LogP contribution in [0.5, 0.6) is 11.5 Å². The van der Waals surface area contributed by atoms with E-state index in [4.69, 9.17) is 23.9 Å². The van der Waals surface area contributed by atoms with Crippen molar-refractivity contribution >= 4 is 28.8 Å². The molecule has 1 saturated heterocycles. The van der Waals surface area contributed by atoms with Gasteiger partial charge in [-0.3, -0.25) is 9.69 Å². The Morgan fingerprint density at radius 2 is 1.89 bits per heavy atom. The fourth-order valence-electron chi connectivity index (χ4n) is 5.34. The number of hydrogen-bond donors (Lipinski definition) is 1. The molecule has 3 aliphatic heterocycles. The summed E-state index contributed by atoms with van der Waals surface area (Å²) in [4.78, 5) is 35.7. The van der Waals surface area contributed by atoms with Crippen LogP contribution in [0.2, 0.25) is 0 Å². The predicted molar refractivity (Wildman–Crippen MR) is 170 cm³/mol. The first-order chi connectivity index (χ1) is 21.3. The predicted octanol–water partition coefficient (Wildman–Crippen LogP) is 4.64. The van der Waals surface area contributed by atoms with Crippen molar-refractivity contribution in [2.75, 3.05) is 46.5 Å². The first kappa shape index (κ1) is 31.6. The molecular formula is C33H40N4O6S. The molecule has 11 heteroatoms. The number of rotatable bonds is 12. The molecule has 0 aromatic heterocycles. The Morgan fingerprint density at radius 3 is 2.61 bits per heavy atom. The van der Waals surface area contributed by atoms with Crippen molar-refractivity contribution in [1.82, 2.24) is 15.1 Å². The summed E-state index contributed by atoms with van der Waals surface area (Å²) >= 11 is 1.44. The van der Waals surface area contributed by atoms with Crippen LogP contribution in [0.25, 0.3) is 0 Å². The minimum Gasteiger partial charge on any atom is -0.493 e. The number of amidine groups is 1. The molecule has 2 aromatic carbocycles. The molecule has 1 fully saturated rings. The number of allylic oxidation sites excluding steroid dienone is 1. The quantitative estimate of drug-likeness (QED) is 0.340. The van der Waals surface area contributed by atoms with Crippen LogP contribution in [0.1, 0.15) is 44.4 Å². The molecule has 0 bridgehead atoms. The van der Waals surface area contributed by atoms with Gasteiger partial charge in [0, 0.05) is 31.9 Å². The van der Waals surface area contributed by atoms with E-state index in [1.165, 1.54) is 11.8 Å². The van der Waals surface area contributed by atoms with Crippen molar-refractivity contribution in [2.24, 2.45) is 4.99 Å². The Bertz CT molecular complexity index is 1440. The molecule has 1 amide bonds. The summed E-state index contributed by atoms with van der Waals surface area (Å²) in [6, 6.07) is 15.0. The average Bonchev–Trinajstić information content (AvgIpc) is 3.41. The Hall–Kier alpha value is -3.80. The second kappa shape index (κ2) is 14.8. The van der Waals surface area contributed by atoms with Crippen LogP contribution < -0.4 is 14.8 Å². The largest absolute Gasteiger partial charge is 0.493 e. The van der Waals surface area contributed by atoms with Crippen LogP contribution in [0.3, 0.4) is 0 Å². The van der Waals surface area contributed by atoms with Crippen molar-refractivity contribution in [3.8, 4) is 11.5 Å². The Morgan fingerprint density at radius 1 is 1.11 bits per heavy atom. The molecule has 1 atom stereocenters. The van der Waals surface area contributed by atoms with Crippen molar-refractivity contribution in [2.45, 2.75) is 45.9 Å². The fourth-order valence-corrected chi connectivity index (χ4v) is 6.30. The van der Waals surface area contributed by atoms with Crippen molar-refractivity contribution in [3.63, 3.8) is 0 Å². The lowest BCUT2D eigenvalue weighted by atomic mass is 9.93. The summed E-state index contributed by atoms with van der Waals surface area (Å²) in [6.07, 6.45) is -0.163. The van der Waals surface area contributed by atoms with Crippen LogP contribution >= 0.6 is 11.8 Å². The molecule has 3 heterocycles. The summed E-state index contributed by atoms with van der Waals surface area (Å²) in [6.45, 7) is 10.3. The molecule has 0 spiro atoms. The van der Waals surface area contributed by atoms with Crippen molar-refractivity contribution < 1.29 is 28.5 Å². The van der Waals surface area contributed by atoms with Gasteiger partial charge in [0.15, 0.2) is 16.7 Å². The smallest absolute Gasteiger partial charge is 0.338 e. The van der Waals surface area contributed by atoms with Crippen LogP contribution in [-0.4, -0.2) is 79.5 Å². The lowest BCUT2D eigenvalue weighted by Crippen LogP contribution is -2.42. The van der Waals surface area contributed by atoms with E-state index in [2.05, 4.69) is 10.2 Å². The highest BCUT2D eigenvalue weighted by atomic mass is 32.2. The minimum atomic E-state index is -0.576. The van der Waals surface area contributed by atoms with E-state index in [1.807, 2.05) is 79.6 Å². The number of benzene rings is 2. The molecule has 0 aliphatic carbocycles. The Kier molecular flexibility index (Phi) is 10.6. The van der Waals surface area contributed by atoms with Gasteiger partial charge in [0.05, 0.1) is 50.2 Å². The summed E-state index contributed by atoms with van der Waals surface area (Å²) in [5.74, 6) is 0.586. The van der Waals surface area contributed by atoms with Gasteiger partial charge in [0.1, 0.15) is 6.61 Å². The molecule has 0 radical (unpaired) electrons. The number of hydrogen-bond acceptors (Lipinski definition) is 10. The van der Waals surface area contributed by atoms with E-state index in [0.717, 1.165) is 49.7 Å². The number of nitrogens with zero attached hydrogens (tertiary/aromatic N) is 3. The summed E-state index contributed by atoms with van der Waals surface area (Å²) in [5.41, 5.74) is 3.58. The van der Waals surface area contributed by atoms with Gasteiger partial charge >= 0.3 is 5.97 Å². The molecule has 10 nitrogen and oxygen atoms in total. The van der Waals surface area contributed by atoms with Gasteiger partial charge in [-0.15, -0.1) is 0 Å². The number of ether oxygens (including phenoxy) is 4. The summed E-state index contributed by atoms with van der Waals surface area (Å²) in [5, 5.41) is 5.69. The molecule has 3 aliphatic rings. The van der Waals surface area contributed by atoms with Crippen molar-refractivity contribution in [3.05, 3.63) is 82.0 Å². The molecule has 234 valence electrons. The fraction of sp³-hybridized carbons (Fsp3) is 0.424. The monoisotopic (exact) mass is 620 g/mol. The van der Waals surface area contributed by atoms with Crippen LogP contribution in [0.4, 0.5) is 0 Å². The molecule has 44 heavy (non-hydrogen) atoms. The molecule has 1 unspecified atom stereocenters. The van der Waals surface area contributed by atoms with Crippen LogP contribution in [0, 0.1) is 0 Å². The average molecular weight is 621 g/mol. The van der Waals surface area contributed by atoms with Crippen LogP contribution in [-0.2, 0) is 25.7 Å². The highest BCUT2D eigenvalue weighted by molar-refractivity contribution is 8.16. The maximum Gasteiger partial charge on any atom is 0.338 e. The second-order valence-electron chi connectivity index (χ2n) is 11.0. The third-order valence-corrected chi connectivity index (χ3v) is 8.39. The zero-order valence-electron chi connectivity index (χ0n) is 25.7. The van der Waals surface area contributed by atoms with Gasteiger partial charge in [-0.2, -0.15) is 0 Å². The Balaban J connectivity index is 1.39. The highest BCUT2D eigenvalue weighted by Crippen LogP contribution is 2.46. The number of nitrogens with one attached hydrogen (secondary N) is 1. The van der Waals surface area contributed by atoms with E-state index in [9.17, 15) is 9.59 Å². The minimum absolute atomic E-state index is 0.0927. The summed E-state index contributed by atoms with van der Waals surface area (Å²) < 4.78 is 22.9. The van der Waals surface area contributed by atoms with E-state index >= 15 is 0 Å². The van der Waals surface area contributed by atoms with Gasteiger partial charge in [-0.1, -0.05) is 48.2 Å². The van der Waals surface area contributed by atoms with E-state index < -0.39 is 12.0 Å². The third-order valence-electron chi connectivity index (χ3n) is 7.50. The number of fused-ring (bicyclic) bond motifs is 1. The number of thioether (sulfide) groups is 1. The Labute approximate surface area is 263 Å². The van der Waals surface area contributed by atoms with E-state index in [0.29, 0.717) is 41.1 Å². The van der Waals surface area contributed by atoms with E-state index in [1.54, 1.807) is 7.11 Å². The number of esters is 1. The lowest BCUT2D eigenvalue weighted by Gasteiger charge is -2.36. The SMILES string of the molecule is COc1cc(C2C(C(=O)OC(C)C)=C(C)N=C3SC=C(CC(=O)NCCN4CCOCC4)N32)ccc1OCc1ccccc1.